The first-order chi connectivity index (χ1) is 26.5. The third-order valence-corrected chi connectivity index (χ3v) is 11.5. The van der Waals surface area contributed by atoms with Gasteiger partial charge in [0.25, 0.3) is 0 Å². The average molecular weight is 1080 g/mol. The molecular formula is C42H42N10Pt2-4. The number of aromatic nitrogens is 10. The van der Waals surface area contributed by atoms with Crippen LogP contribution in [0.25, 0.3) is 33.7 Å². The molecule has 0 unspecified atom stereocenters. The van der Waals surface area contributed by atoms with E-state index in [1.165, 1.54) is 12.8 Å². The van der Waals surface area contributed by atoms with Crippen LogP contribution in [0.4, 0.5) is 0 Å². The van der Waals surface area contributed by atoms with Crippen LogP contribution in [0.2, 0.25) is 0 Å². The maximum absolute atomic E-state index is 4.63. The zero-order valence-electron chi connectivity index (χ0n) is 30.4. The van der Waals surface area contributed by atoms with Crippen LogP contribution >= 0.6 is 0 Å². The van der Waals surface area contributed by atoms with Crippen molar-refractivity contribution in [2.24, 2.45) is 0 Å². The van der Waals surface area contributed by atoms with Crippen LogP contribution < -0.4 is 10.2 Å². The number of para-hydroxylation sites is 2. The summed E-state index contributed by atoms with van der Waals surface area (Å²) in [5, 5.41) is 16.5. The molecule has 0 atom stereocenters. The normalized spacial score (nSPS) is 11.4. The van der Waals surface area contributed by atoms with Crippen molar-refractivity contribution in [2.45, 2.75) is 78.3 Å². The van der Waals surface area contributed by atoms with Gasteiger partial charge in [-0.2, -0.15) is 0 Å². The molecule has 0 amide bonds. The van der Waals surface area contributed by atoms with Gasteiger partial charge in [-0.05, 0) is 0 Å². The van der Waals surface area contributed by atoms with Crippen molar-refractivity contribution in [1.29, 1.82) is 0 Å². The molecule has 0 radical (unpaired) electrons. The number of nitrogens with zero attached hydrogens (tertiary/aromatic N) is 10. The summed E-state index contributed by atoms with van der Waals surface area (Å²) in [7, 11) is 0. The van der Waals surface area contributed by atoms with Crippen LogP contribution in [-0.2, 0) is 64.6 Å². The summed E-state index contributed by atoms with van der Waals surface area (Å²) in [6.45, 7) is 5.94. The third kappa shape index (κ3) is 8.88. The van der Waals surface area contributed by atoms with E-state index in [4.69, 9.17) is 0 Å². The van der Waals surface area contributed by atoms with E-state index in [-0.39, 0.29) is 0 Å². The van der Waals surface area contributed by atoms with Gasteiger partial charge in [0, 0.05) is 0 Å². The molecule has 8 rings (SSSR count). The standard InChI is InChI=1S/2C21H21N5.2Pt/c2*1-17-15-18(24-23-17)9-4-3-7-14-25-16-26(19-10-5-2-6-11-19)21-20(25)12-8-13-22-21;;/h2*2,5-6,8,10,12-13,15H,3-4,7,9,14H2,1H3;;/q2*-2;;. The second-order valence-corrected chi connectivity index (χ2v) is 15.3. The quantitative estimate of drug-likeness (QED) is 0.0825. The number of hydrogen-bond donors (Lipinski definition) is 0. The Morgan fingerprint density at radius 2 is 1.04 bits per heavy atom. The molecule has 0 fully saturated rings. The van der Waals surface area contributed by atoms with E-state index in [1.807, 2.05) is 74.8 Å². The van der Waals surface area contributed by atoms with E-state index in [2.05, 4.69) is 136 Å². The van der Waals surface area contributed by atoms with Crippen LogP contribution in [-0.4, -0.2) is 38.4 Å². The van der Waals surface area contributed by atoms with Crippen LogP contribution in [0, 0.1) is 33.6 Å². The number of fused-ring (bicyclic) bond motifs is 2. The molecule has 54 heavy (non-hydrogen) atoms. The van der Waals surface area contributed by atoms with Crippen molar-refractivity contribution in [1.82, 2.24) is 48.6 Å². The molecule has 6 heterocycles. The van der Waals surface area contributed by atoms with Gasteiger partial charge >= 0.3 is 339 Å². The molecule has 6 aromatic heterocycles. The van der Waals surface area contributed by atoms with E-state index in [1.54, 1.807) is 0 Å². The summed E-state index contributed by atoms with van der Waals surface area (Å²) >= 11 is 4.80. The van der Waals surface area contributed by atoms with E-state index >= 15 is 0 Å². The van der Waals surface area contributed by atoms with Crippen molar-refractivity contribution in [3.63, 3.8) is 0 Å². The average Bonchev–Trinajstić information content (AvgIpc) is 3.95. The molecule has 284 valence electrons. The van der Waals surface area contributed by atoms with Gasteiger partial charge in [-0.15, -0.1) is 0 Å². The number of rotatable bonds is 14. The predicted molar refractivity (Wildman–Crippen MR) is 202 cm³/mol. The maximum atomic E-state index is 4.63. The summed E-state index contributed by atoms with van der Waals surface area (Å²) in [6.07, 6.45) is 12.6. The number of imidazole rings is 2. The zero-order valence-corrected chi connectivity index (χ0v) is 35.0. The molecule has 0 aliphatic carbocycles. The fourth-order valence-corrected chi connectivity index (χ4v) is 8.72. The number of benzene rings is 2. The molecule has 2 aromatic carbocycles. The Labute approximate surface area is 337 Å². The first-order valence-electron chi connectivity index (χ1n) is 18.4. The Morgan fingerprint density at radius 3 is 1.43 bits per heavy atom. The molecule has 10 nitrogen and oxygen atoms in total. The van der Waals surface area contributed by atoms with E-state index < -0.39 is 0 Å². The molecule has 12 heteroatoms. The number of aryl methyl sites for hydroxylation is 6. The van der Waals surface area contributed by atoms with Crippen LogP contribution in [0.1, 0.15) is 61.3 Å². The molecule has 0 bridgehead atoms. The SMILES string of the molecule is Cc1cc(CCCCCn2[c](=[Pt])n(-c3[c-]cccc3)c3ncccc32)n[n-]1.Cc1cc(CCCCCn2[c](=[Pt])n(-c3[c-]cccc3)c3ncccc32)n[n-]1. The van der Waals surface area contributed by atoms with Gasteiger partial charge in [0.1, 0.15) is 0 Å². The van der Waals surface area contributed by atoms with Gasteiger partial charge in [0.05, 0.1) is 0 Å². The third-order valence-electron chi connectivity index (χ3n) is 9.21. The van der Waals surface area contributed by atoms with Crippen molar-refractivity contribution in [2.75, 3.05) is 0 Å². The van der Waals surface area contributed by atoms with E-state index in [9.17, 15) is 0 Å². The number of unbranched alkanes of at least 4 members (excludes halogenated alkanes) is 4. The Morgan fingerprint density at radius 1 is 0.574 bits per heavy atom. The minimum atomic E-state index is 0.979. The first-order valence-corrected chi connectivity index (χ1v) is 20.6. The topological polar surface area (TPSA) is 99.5 Å². The van der Waals surface area contributed by atoms with Gasteiger partial charge in [0.15, 0.2) is 0 Å². The fourth-order valence-electron chi connectivity index (χ4n) is 6.63. The van der Waals surface area contributed by atoms with Gasteiger partial charge in [-0.1, -0.05) is 0 Å². The van der Waals surface area contributed by atoms with Crippen LogP contribution in [0.15, 0.2) is 97.3 Å². The summed E-state index contributed by atoms with van der Waals surface area (Å²) in [4.78, 5) is 9.26. The van der Waals surface area contributed by atoms with Gasteiger partial charge in [-0.25, -0.2) is 0 Å². The van der Waals surface area contributed by atoms with E-state index in [0.29, 0.717) is 0 Å². The Bertz CT molecular complexity index is 2360. The summed E-state index contributed by atoms with van der Waals surface area (Å²) < 4.78 is 11.4. The van der Waals surface area contributed by atoms with Crippen LogP contribution in [0.5, 0.6) is 0 Å². The summed E-state index contributed by atoms with van der Waals surface area (Å²) in [5.41, 5.74) is 10.6. The van der Waals surface area contributed by atoms with Crippen LogP contribution in [0.3, 0.4) is 0 Å². The predicted octanol–water partition coefficient (Wildman–Crippen LogP) is 7.56. The summed E-state index contributed by atoms with van der Waals surface area (Å²) in [5.74, 6) is 0. The second kappa shape index (κ2) is 18.2. The molecule has 0 saturated heterocycles. The Kier molecular flexibility index (Phi) is 12.7. The molecule has 0 saturated carbocycles. The number of pyridine rings is 2. The molecule has 0 aliphatic heterocycles. The van der Waals surface area contributed by atoms with E-state index in [0.717, 1.165) is 116 Å². The second-order valence-electron chi connectivity index (χ2n) is 13.2. The zero-order chi connectivity index (χ0) is 37.3. The first kappa shape index (κ1) is 37.8. The monoisotopic (exact) mass is 1080 g/mol. The number of hydrogen-bond acceptors (Lipinski definition) is 4. The fraction of sp³-hybridized carbons (Fsp3) is 0.286. The molecular weight excluding hydrogens is 1030 g/mol. The van der Waals surface area contributed by atoms with Gasteiger partial charge in [-0.3, -0.25) is 0 Å². The van der Waals surface area contributed by atoms with Gasteiger partial charge < -0.3 is 0 Å². The minimum absolute atomic E-state index is 0.979. The molecule has 8 aromatic rings. The van der Waals surface area contributed by atoms with Crippen molar-refractivity contribution in [3.8, 4) is 11.4 Å². The van der Waals surface area contributed by atoms with Crippen molar-refractivity contribution in [3.05, 3.63) is 140 Å². The molecule has 0 spiro atoms. The van der Waals surface area contributed by atoms with Crippen molar-refractivity contribution < 1.29 is 38.7 Å². The molecule has 0 aliphatic rings. The Balaban J connectivity index is 0.000000167. The Hall–Kier alpha value is -4.52. The molecule has 0 N–H and O–H groups in total. The van der Waals surface area contributed by atoms with Gasteiger partial charge in [0.2, 0.25) is 0 Å². The summed E-state index contributed by atoms with van der Waals surface area (Å²) in [6, 6.07) is 35.2. The van der Waals surface area contributed by atoms with Crippen molar-refractivity contribution >= 4 is 22.3 Å².